The van der Waals surface area contributed by atoms with Crippen molar-refractivity contribution < 1.29 is 33.7 Å². The van der Waals surface area contributed by atoms with Crippen LogP contribution >= 0.6 is 0 Å². The molecule has 8 heteroatoms. The Labute approximate surface area is 264 Å². The first-order valence-electron chi connectivity index (χ1n) is 16.8. The van der Waals surface area contributed by atoms with Gasteiger partial charge in [-0.2, -0.15) is 0 Å². The standard InChI is InChI=1S/C36H57NO7/c1-20(2)21(3)32(7)13-14-34(9)23-11-12-26-33(8)18-42-19-36(26,24(23)15-27(39)35(34,10)28(32)30(40)41)16-25(44-22(4)38)29(33)43-17-31(5,6)37/h15,20-21,23,25-26,28-29H,11-14,16-19,37H2,1-10H3,(H,40,41)/t21-,23+,25-,26+,28-,29+,32-,33+,34-,35+,36+/m1/s1. The fraction of sp³-hybridized carbons (Fsp3) is 0.861. The van der Waals surface area contributed by atoms with Crippen LogP contribution in [-0.2, 0) is 28.6 Å². The van der Waals surface area contributed by atoms with Gasteiger partial charge in [-0.1, -0.05) is 54.0 Å². The SMILES string of the molecule is CC(=O)O[C@@H]1C[C@@]23COC[C@@](C)([C@@H]2CC[C@H]2C3=CC(=O)[C@@]3(C)[C@H](C(=O)O)[C@@](C)([C@H](C)C(C)C)CC[C@]23C)[C@H]1OCC(C)(C)N. The fourth-order valence-electron chi connectivity index (χ4n) is 11.3. The lowest BCUT2D eigenvalue weighted by molar-refractivity contribution is -0.267. The second kappa shape index (κ2) is 10.6. The van der Waals surface area contributed by atoms with Crippen LogP contribution in [0.2, 0.25) is 0 Å². The van der Waals surface area contributed by atoms with E-state index in [1.807, 2.05) is 26.8 Å². The van der Waals surface area contributed by atoms with Gasteiger partial charge in [0, 0.05) is 28.7 Å². The topological polar surface area (TPSA) is 125 Å². The molecule has 0 aromatic heterocycles. The Morgan fingerprint density at radius 2 is 1.77 bits per heavy atom. The van der Waals surface area contributed by atoms with Gasteiger partial charge in [-0.3, -0.25) is 14.4 Å². The van der Waals surface area contributed by atoms with E-state index in [4.69, 9.17) is 19.9 Å². The van der Waals surface area contributed by atoms with E-state index < -0.39 is 56.7 Å². The molecule has 1 aliphatic heterocycles. The summed E-state index contributed by atoms with van der Waals surface area (Å²) in [4.78, 5) is 40.5. The Balaban J connectivity index is 1.64. The van der Waals surface area contributed by atoms with Crippen molar-refractivity contribution in [1.29, 1.82) is 0 Å². The summed E-state index contributed by atoms with van der Waals surface area (Å²) in [6.45, 7) is 21.4. The van der Waals surface area contributed by atoms with Gasteiger partial charge in [0.05, 0.1) is 25.7 Å². The molecule has 11 atom stereocenters. The Hall–Kier alpha value is -1.77. The summed E-state index contributed by atoms with van der Waals surface area (Å²) >= 11 is 0. The molecule has 44 heavy (non-hydrogen) atoms. The summed E-state index contributed by atoms with van der Waals surface area (Å²) in [5.41, 5.74) is 3.81. The first-order chi connectivity index (χ1) is 20.2. The van der Waals surface area contributed by atoms with Crippen LogP contribution in [0.15, 0.2) is 11.6 Å². The molecule has 3 N–H and O–H groups in total. The van der Waals surface area contributed by atoms with Gasteiger partial charge in [0.2, 0.25) is 0 Å². The molecule has 0 aromatic rings. The molecule has 0 amide bonds. The molecule has 1 heterocycles. The molecule has 248 valence electrons. The normalized spacial score (nSPS) is 45.9. The highest BCUT2D eigenvalue weighted by Gasteiger charge is 2.74. The number of hydrogen-bond donors (Lipinski definition) is 2. The second-order valence-electron chi connectivity index (χ2n) is 17.3. The van der Waals surface area contributed by atoms with Gasteiger partial charge in [0.15, 0.2) is 5.78 Å². The molecule has 4 fully saturated rings. The van der Waals surface area contributed by atoms with Crippen LogP contribution in [0.25, 0.3) is 0 Å². The number of carboxylic acid groups (broad SMARTS) is 1. The second-order valence-corrected chi connectivity index (χ2v) is 17.3. The van der Waals surface area contributed by atoms with Crippen LogP contribution in [0.1, 0.15) is 101 Å². The van der Waals surface area contributed by atoms with Crippen LogP contribution in [0.4, 0.5) is 0 Å². The first kappa shape index (κ1) is 33.6. The minimum atomic E-state index is -1.05. The van der Waals surface area contributed by atoms with Gasteiger partial charge in [0.1, 0.15) is 12.2 Å². The molecule has 0 unspecified atom stereocenters. The van der Waals surface area contributed by atoms with E-state index in [-0.39, 0.29) is 29.5 Å². The van der Waals surface area contributed by atoms with Gasteiger partial charge in [-0.25, -0.2) is 0 Å². The van der Waals surface area contributed by atoms with Crippen molar-refractivity contribution in [3.8, 4) is 0 Å². The zero-order valence-electron chi connectivity index (χ0n) is 28.7. The summed E-state index contributed by atoms with van der Waals surface area (Å²) in [5.74, 6) is -1.46. The number of ketones is 1. The van der Waals surface area contributed by atoms with Crippen molar-refractivity contribution in [3.05, 3.63) is 11.6 Å². The zero-order valence-corrected chi connectivity index (χ0v) is 28.7. The highest BCUT2D eigenvalue weighted by atomic mass is 16.6. The minimum absolute atomic E-state index is 0.0339. The Kier molecular flexibility index (Phi) is 8.11. The van der Waals surface area contributed by atoms with E-state index in [0.29, 0.717) is 32.2 Å². The molecule has 5 aliphatic rings. The van der Waals surface area contributed by atoms with Crippen molar-refractivity contribution in [3.63, 3.8) is 0 Å². The number of hydrogen-bond acceptors (Lipinski definition) is 7. The third-order valence-corrected chi connectivity index (χ3v) is 13.9. The fourth-order valence-corrected chi connectivity index (χ4v) is 11.3. The van der Waals surface area contributed by atoms with Crippen molar-refractivity contribution in [1.82, 2.24) is 0 Å². The summed E-state index contributed by atoms with van der Waals surface area (Å²) < 4.78 is 19.0. The summed E-state index contributed by atoms with van der Waals surface area (Å²) in [7, 11) is 0. The quantitative estimate of drug-likeness (QED) is 0.344. The van der Waals surface area contributed by atoms with Crippen molar-refractivity contribution in [2.75, 3.05) is 19.8 Å². The van der Waals surface area contributed by atoms with Gasteiger partial charge in [-0.15, -0.1) is 0 Å². The molecule has 5 rings (SSSR count). The van der Waals surface area contributed by atoms with Crippen LogP contribution in [0, 0.1) is 56.7 Å². The maximum absolute atomic E-state index is 14.7. The van der Waals surface area contributed by atoms with E-state index in [0.717, 1.165) is 31.3 Å². The van der Waals surface area contributed by atoms with Gasteiger partial charge in [-0.05, 0) is 86.5 Å². The molecule has 0 radical (unpaired) electrons. The number of fused-ring (bicyclic) bond motifs is 3. The smallest absolute Gasteiger partial charge is 0.308 e. The monoisotopic (exact) mass is 615 g/mol. The van der Waals surface area contributed by atoms with Gasteiger partial charge in [0.25, 0.3) is 0 Å². The number of nitrogens with two attached hydrogens (primary N) is 1. The van der Waals surface area contributed by atoms with Crippen molar-refractivity contribution in [2.24, 2.45) is 62.4 Å². The number of carbonyl (C=O) groups excluding carboxylic acids is 2. The number of carbonyl (C=O) groups is 3. The van der Waals surface area contributed by atoms with Crippen molar-refractivity contribution >= 4 is 17.7 Å². The third-order valence-electron chi connectivity index (χ3n) is 13.9. The number of ether oxygens (including phenoxy) is 3. The number of rotatable bonds is 7. The summed E-state index contributed by atoms with van der Waals surface area (Å²) in [5, 5.41) is 10.9. The maximum Gasteiger partial charge on any atom is 0.308 e. The Bertz CT molecular complexity index is 1240. The average molecular weight is 616 g/mol. The first-order valence-corrected chi connectivity index (χ1v) is 16.8. The molecular weight excluding hydrogens is 558 g/mol. The van der Waals surface area contributed by atoms with Crippen molar-refractivity contribution in [2.45, 2.75) is 119 Å². The van der Waals surface area contributed by atoms with Crippen LogP contribution in [0.3, 0.4) is 0 Å². The van der Waals surface area contributed by atoms with E-state index in [1.165, 1.54) is 6.92 Å². The summed E-state index contributed by atoms with van der Waals surface area (Å²) in [6.07, 6.45) is 4.79. The molecule has 1 saturated heterocycles. The molecule has 8 nitrogen and oxygen atoms in total. The maximum atomic E-state index is 14.7. The van der Waals surface area contributed by atoms with Crippen LogP contribution < -0.4 is 5.73 Å². The van der Waals surface area contributed by atoms with Crippen LogP contribution in [0.5, 0.6) is 0 Å². The average Bonchev–Trinajstić information content (AvgIpc) is 2.88. The predicted molar refractivity (Wildman–Crippen MR) is 168 cm³/mol. The Morgan fingerprint density at radius 1 is 1.11 bits per heavy atom. The molecule has 2 bridgehead atoms. The third kappa shape index (κ3) is 4.58. The van der Waals surface area contributed by atoms with E-state index in [9.17, 15) is 19.5 Å². The lowest BCUT2D eigenvalue weighted by Gasteiger charge is -2.70. The lowest BCUT2D eigenvalue weighted by atomic mass is 9.34. The number of aliphatic carboxylic acids is 1. The van der Waals surface area contributed by atoms with E-state index in [1.54, 1.807) is 0 Å². The van der Waals surface area contributed by atoms with Crippen LogP contribution in [-0.4, -0.2) is 60.4 Å². The minimum Gasteiger partial charge on any atom is -0.481 e. The van der Waals surface area contributed by atoms with E-state index in [2.05, 4.69) is 41.5 Å². The number of allylic oxidation sites excluding steroid dienone is 1. The largest absolute Gasteiger partial charge is 0.481 e. The highest BCUT2D eigenvalue weighted by molar-refractivity contribution is 6.00. The molecule has 0 aromatic carbocycles. The van der Waals surface area contributed by atoms with Gasteiger partial charge >= 0.3 is 11.9 Å². The summed E-state index contributed by atoms with van der Waals surface area (Å²) in [6, 6.07) is 0. The van der Waals surface area contributed by atoms with E-state index >= 15 is 0 Å². The molecular formula is C36H57NO7. The van der Waals surface area contributed by atoms with Gasteiger partial charge < -0.3 is 25.1 Å². The number of esters is 1. The molecule has 0 spiro atoms. The lowest BCUT2D eigenvalue weighted by Crippen LogP contribution is -2.71. The molecule has 4 aliphatic carbocycles. The predicted octanol–water partition coefficient (Wildman–Crippen LogP) is 5.81. The number of carboxylic acids is 1. The molecule has 3 saturated carbocycles. The zero-order chi connectivity index (χ0) is 32.8. The highest BCUT2D eigenvalue weighted by Crippen LogP contribution is 2.74. The Morgan fingerprint density at radius 3 is 2.34 bits per heavy atom.